The van der Waals surface area contributed by atoms with Gasteiger partial charge in [-0.05, 0) is 43.3 Å². The second-order valence-corrected chi connectivity index (χ2v) is 5.64. The summed E-state index contributed by atoms with van der Waals surface area (Å²) in [5, 5.41) is 0. The molecule has 0 unspecified atom stereocenters. The normalized spacial score (nSPS) is 19.4. The van der Waals surface area contributed by atoms with E-state index in [1.165, 1.54) is 4.90 Å². The van der Waals surface area contributed by atoms with Crippen LogP contribution in [0.1, 0.15) is 18.7 Å². The molecule has 1 fully saturated rings. The Labute approximate surface area is 145 Å². The molecule has 0 radical (unpaired) electrons. The Kier molecular flexibility index (Phi) is 4.88. The van der Waals surface area contributed by atoms with E-state index in [1.54, 1.807) is 50.4 Å². The van der Waals surface area contributed by atoms with Crippen LogP contribution in [0.5, 0.6) is 11.5 Å². The SMILES string of the molecule is COc1ccc([C@@H]2OC(=O)[C@H](C)N2C(=O)COc2ccccc2)cc1. The van der Waals surface area contributed by atoms with Crippen LogP contribution in [0.25, 0.3) is 0 Å². The molecule has 0 bridgehead atoms. The molecule has 2 aromatic carbocycles. The zero-order valence-corrected chi connectivity index (χ0v) is 14.0. The van der Waals surface area contributed by atoms with E-state index in [-0.39, 0.29) is 12.5 Å². The molecule has 0 saturated carbocycles. The quantitative estimate of drug-likeness (QED) is 0.782. The summed E-state index contributed by atoms with van der Waals surface area (Å²) in [5.41, 5.74) is 0.701. The Bertz CT molecular complexity index is 744. The summed E-state index contributed by atoms with van der Waals surface area (Å²) in [5.74, 6) is 0.527. The van der Waals surface area contributed by atoms with Gasteiger partial charge in [-0.3, -0.25) is 9.69 Å². The van der Waals surface area contributed by atoms with Crippen LogP contribution >= 0.6 is 0 Å². The van der Waals surface area contributed by atoms with Crippen molar-refractivity contribution in [1.29, 1.82) is 0 Å². The third kappa shape index (κ3) is 3.57. The number of benzene rings is 2. The van der Waals surface area contributed by atoms with E-state index >= 15 is 0 Å². The number of hydrogen-bond donors (Lipinski definition) is 0. The molecular formula is C19H19NO5. The van der Waals surface area contributed by atoms with Crippen molar-refractivity contribution in [2.45, 2.75) is 19.2 Å². The van der Waals surface area contributed by atoms with Gasteiger partial charge < -0.3 is 14.2 Å². The number of para-hydroxylation sites is 1. The molecule has 2 aromatic rings. The second kappa shape index (κ2) is 7.25. The van der Waals surface area contributed by atoms with E-state index < -0.39 is 18.2 Å². The van der Waals surface area contributed by atoms with Crippen molar-refractivity contribution < 1.29 is 23.8 Å². The molecule has 1 amide bonds. The van der Waals surface area contributed by atoms with Crippen LogP contribution in [-0.2, 0) is 14.3 Å². The molecule has 1 aliphatic heterocycles. The second-order valence-electron chi connectivity index (χ2n) is 5.64. The van der Waals surface area contributed by atoms with Crippen molar-refractivity contribution in [1.82, 2.24) is 4.90 Å². The molecule has 0 N–H and O–H groups in total. The van der Waals surface area contributed by atoms with Crippen LogP contribution in [0.3, 0.4) is 0 Å². The van der Waals surface area contributed by atoms with Crippen molar-refractivity contribution in [3.8, 4) is 11.5 Å². The lowest BCUT2D eigenvalue weighted by atomic mass is 10.1. The zero-order chi connectivity index (χ0) is 17.8. The van der Waals surface area contributed by atoms with Gasteiger partial charge >= 0.3 is 5.97 Å². The highest BCUT2D eigenvalue weighted by atomic mass is 16.6. The molecule has 6 nitrogen and oxygen atoms in total. The highest BCUT2D eigenvalue weighted by Crippen LogP contribution is 2.32. The van der Waals surface area contributed by atoms with Crippen LogP contribution in [0.15, 0.2) is 54.6 Å². The standard InChI is InChI=1S/C19H19NO5/c1-13-19(22)25-18(14-8-10-15(23-2)11-9-14)20(13)17(21)12-24-16-6-4-3-5-7-16/h3-11,13,18H,12H2,1-2H3/t13-,18-/m0/s1. The summed E-state index contributed by atoms with van der Waals surface area (Å²) < 4.78 is 16.0. The fraction of sp³-hybridized carbons (Fsp3) is 0.263. The number of amides is 1. The fourth-order valence-electron chi connectivity index (χ4n) is 2.66. The summed E-state index contributed by atoms with van der Waals surface area (Å²) in [4.78, 5) is 26.0. The van der Waals surface area contributed by atoms with E-state index in [1.807, 2.05) is 18.2 Å². The third-order valence-electron chi connectivity index (χ3n) is 4.03. The van der Waals surface area contributed by atoms with Crippen molar-refractivity contribution in [2.24, 2.45) is 0 Å². The van der Waals surface area contributed by atoms with Gasteiger partial charge in [0.25, 0.3) is 5.91 Å². The van der Waals surface area contributed by atoms with Gasteiger partial charge in [0.2, 0.25) is 6.23 Å². The number of esters is 1. The first-order valence-corrected chi connectivity index (χ1v) is 7.93. The summed E-state index contributed by atoms with van der Waals surface area (Å²) in [6, 6.07) is 15.4. The number of nitrogens with zero attached hydrogens (tertiary/aromatic N) is 1. The highest BCUT2D eigenvalue weighted by molar-refractivity contribution is 5.88. The lowest BCUT2D eigenvalue weighted by Crippen LogP contribution is -2.40. The van der Waals surface area contributed by atoms with Gasteiger partial charge in [-0.1, -0.05) is 18.2 Å². The predicted molar refractivity (Wildman–Crippen MR) is 90.1 cm³/mol. The van der Waals surface area contributed by atoms with E-state index in [4.69, 9.17) is 14.2 Å². The Morgan fingerprint density at radius 2 is 1.76 bits per heavy atom. The molecule has 3 rings (SSSR count). The zero-order valence-electron chi connectivity index (χ0n) is 14.0. The number of ether oxygens (including phenoxy) is 3. The van der Waals surface area contributed by atoms with E-state index in [9.17, 15) is 9.59 Å². The molecule has 1 aliphatic rings. The Hall–Kier alpha value is -3.02. The van der Waals surface area contributed by atoms with Gasteiger partial charge in [0.1, 0.15) is 17.5 Å². The summed E-state index contributed by atoms with van der Waals surface area (Å²) in [6.45, 7) is 1.48. The van der Waals surface area contributed by atoms with Crippen LogP contribution in [0.2, 0.25) is 0 Å². The summed E-state index contributed by atoms with van der Waals surface area (Å²) in [6.07, 6.45) is -0.764. The van der Waals surface area contributed by atoms with Crippen molar-refractivity contribution in [2.75, 3.05) is 13.7 Å². The number of carbonyl (C=O) groups is 2. The van der Waals surface area contributed by atoms with Gasteiger partial charge in [0, 0.05) is 5.56 Å². The smallest absolute Gasteiger partial charge is 0.330 e. The van der Waals surface area contributed by atoms with E-state index in [2.05, 4.69) is 0 Å². The van der Waals surface area contributed by atoms with Gasteiger partial charge in [0.15, 0.2) is 6.61 Å². The number of rotatable bonds is 5. The first-order valence-electron chi connectivity index (χ1n) is 7.93. The predicted octanol–water partition coefficient (Wildman–Crippen LogP) is 2.55. The third-order valence-corrected chi connectivity index (χ3v) is 4.03. The largest absolute Gasteiger partial charge is 0.497 e. The first-order chi connectivity index (χ1) is 12.1. The van der Waals surface area contributed by atoms with Gasteiger partial charge in [0.05, 0.1) is 7.11 Å². The van der Waals surface area contributed by atoms with Gasteiger partial charge in [-0.15, -0.1) is 0 Å². The monoisotopic (exact) mass is 341 g/mol. The Morgan fingerprint density at radius 1 is 1.08 bits per heavy atom. The molecule has 1 saturated heterocycles. The highest BCUT2D eigenvalue weighted by Gasteiger charge is 2.43. The maximum Gasteiger partial charge on any atom is 0.330 e. The van der Waals surface area contributed by atoms with Crippen LogP contribution < -0.4 is 9.47 Å². The van der Waals surface area contributed by atoms with Gasteiger partial charge in [-0.25, -0.2) is 4.79 Å². The minimum Gasteiger partial charge on any atom is -0.497 e. The average Bonchev–Trinajstić information content (AvgIpc) is 2.95. The lowest BCUT2D eigenvalue weighted by Gasteiger charge is -2.25. The van der Waals surface area contributed by atoms with Crippen molar-refractivity contribution in [3.63, 3.8) is 0 Å². The van der Waals surface area contributed by atoms with Crippen LogP contribution in [0.4, 0.5) is 0 Å². The maximum absolute atomic E-state index is 12.6. The molecular weight excluding hydrogens is 322 g/mol. The molecule has 25 heavy (non-hydrogen) atoms. The molecule has 2 atom stereocenters. The van der Waals surface area contributed by atoms with Crippen LogP contribution in [-0.4, -0.2) is 36.5 Å². The summed E-state index contributed by atoms with van der Waals surface area (Å²) >= 11 is 0. The van der Waals surface area contributed by atoms with Gasteiger partial charge in [-0.2, -0.15) is 0 Å². The number of carbonyl (C=O) groups excluding carboxylic acids is 2. The molecule has 0 spiro atoms. The summed E-state index contributed by atoms with van der Waals surface area (Å²) in [7, 11) is 1.57. The number of hydrogen-bond acceptors (Lipinski definition) is 5. The lowest BCUT2D eigenvalue weighted by molar-refractivity contribution is -0.144. The molecule has 1 heterocycles. The minimum atomic E-state index is -0.764. The van der Waals surface area contributed by atoms with E-state index in [0.29, 0.717) is 17.1 Å². The van der Waals surface area contributed by atoms with Crippen molar-refractivity contribution in [3.05, 3.63) is 60.2 Å². The molecule has 6 heteroatoms. The Morgan fingerprint density at radius 3 is 2.40 bits per heavy atom. The number of methoxy groups -OCH3 is 1. The van der Waals surface area contributed by atoms with Crippen molar-refractivity contribution >= 4 is 11.9 Å². The van der Waals surface area contributed by atoms with E-state index in [0.717, 1.165) is 0 Å². The average molecular weight is 341 g/mol. The molecule has 130 valence electrons. The number of cyclic esters (lactones) is 1. The minimum absolute atomic E-state index is 0.169. The Balaban J connectivity index is 1.75. The first kappa shape index (κ1) is 16.8. The molecule has 0 aromatic heterocycles. The van der Waals surface area contributed by atoms with Crippen LogP contribution in [0, 0.1) is 0 Å². The topological polar surface area (TPSA) is 65.1 Å². The fourth-order valence-corrected chi connectivity index (χ4v) is 2.66. The maximum atomic E-state index is 12.6. The molecule has 0 aliphatic carbocycles.